The van der Waals surface area contributed by atoms with E-state index < -0.39 is 28.7 Å². The minimum absolute atomic E-state index is 0.241. The lowest BCUT2D eigenvalue weighted by Crippen LogP contribution is -2.41. The second-order valence-corrected chi connectivity index (χ2v) is 4.69. The Morgan fingerprint density at radius 2 is 1.78 bits per heavy atom. The molecule has 0 aliphatic heterocycles. The van der Waals surface area contributed by atoms with E-state index in [9.17, 15) is 23.4 Å². The second-order valence-electron chi connectivity index (χ2n) is 4.69. The van der Waals surface area contributed by atoms with Crippen LogP contribution in [0, 0.1) is 0 Å². The van der Waals surface area contributed by atoms with Crippen molar-refractivity contribution in [1.82, 2.24) is 0 Å². The topological polar surface area (TPSA) is 66.5 Å². The van der Waals surface area contributed by atoms with Gasteiger partial charge in [0.15, 0.2) is 11.5 Å². The average Bonchev–Trinajstić information content (AvgIpc) is 2.21. The highest BCUT2D eigenvalue weighted by Gasteiger charge is 2.42. The van der Waals surface area contributed by atoms with Crippen molar-refractivity contribution in [2.45, 2.75) is 30.9 Å². The summed E-state index contributed by atoms with van der Waals surface area (Å²) in [5.41, 5.74) is 4.21. The Morgan fingerprint density at radius 1 is 1.17 bits per heavy atom. The van der Waals surface area contributed by atoms with E-state index in [0.717, 1.165) is 12.5 Å². The monoisotopic (exact) mass is 261 g/mol. The highest BCUT2D eigenvalue weighted by molar-refractivity contribution is 5.54. The zero-order valence-electron chi connectivity index (χ0n) is 9.59. The van der Waals surface area contributed by atoms with Gasteiger partial charge in [0, 0.05) is 17.5 Å². The summed E-state index contributed by atoms with van der Waals surface area (Å²) >= 11 is 0. The Hall–Kier alpha value is -1.43. The number of phenolic OH excluding ortho intramolecular Hbond substituents is 2. The van der Waals surface area contributed by atoms with Crippen LogP contribution in [-0.2, 0) is 11.6 Å². The number of rotatable bonds is 2. The Kier molecular flexibility index (Phi) is 2.93. The first-order valence-corrected chi connectivity index (χ1v) is 5.64. The molecule has 1 aliphatic rings. The van der Waals surface area contributed by atoms with Gasteiger partial charge in [-0.15, -0.1) is 0 Å². The average molecular weight is 261 g/mol. The number of hydrogen-bond acceptors (Lipinski definition) is 3. The van der Waals surface area contributed by atoms with Crippen molar-refractivity contribution in [2.24, 2.45) is 5.73 Å². The number of aromatic hydroxyl groups is 2. The molecule has 0 aromatic heterocycles. The number of alkyl halides is 3. The molecule has 0 unspecified atom stereocenters. The largest absolute Gasteiger partial charge is 0.504 e. The summed E-state index contributed by atoms with van der Waals surface area (Å²) < 4.78 is 37.6. The highest BCUT2D eigenvalue weighted by atomic mass is 19.4. The van der Waals surface area contributed by atoms with Crippen LogP contribution in [0.5, 0.6) is 11.5 Å². The first-order valence-electron chi connectivity index (χ1n) is 5.64. The van der Waals surface area contributed by atoms with Gasteiger partial charge in [-0.05, 0) is 18.9 Å². The van der Waals surface area contributed by atoms with Crippen molar-refractivity contribution < 1.29 is 23.4 Å². The third-order valence-electron chi connectivity index (χ3n) is 3.73. The summed E-state index contributed by atoms with van der Waals surface area (Å²) in [5.74, 6) is -1.81. The number of halogens is 3. The van der Waals surface area contributed by atoms with E-state index in [0.29, 0.717) is 18.4 Å². The molecule has 100 valence electrons. The number of hydrogen-bond donors (Lipinski definition) is 3. The van der Waals surface area contributed by atoms with Crippen molar-refractivity contribution in [3.05, 3.63) is 23.3 Å². The van der Waals surface area contributed by atoms with Gasteiger partial charge in [0.25, 0.3) is 0 Å². The number of nitrogens with two attached hydrogens (primary N) is 1. The van der Waals surface area contributed by atoms with E-state index in [1.807, 2.05) is 0 Å². The lowest BCUT2D eigenvalue weighted by atomic mass is 9.64. The molecule has 0 radical (unpaired) electrons. The molecular weight excluding hydrogens is 247 g/mol. The standard InChI is InChI=1S/C12H14F3NO2/c13-12(14,15)8-3-2-7(9(17)10(8)18)11(6-16)4-1-5-11/h2-3,17-18H,1,4-6,16H2. The Balaban J connectivity index is 2.51. The van der Waals surface area contributed by atoms with Crippen molar-refractivity contribution in [3.63, 3.8) is 0 Å². The van der Waals surface area contributed by atoms with E-state index in [-0.39, 0.29) is 6.54 Å². The van der Waals surface area contributed by atoms with Crippen LogP contribution in [0.3, 0.4) is 0 Å². The van der Waals surface area contributed by atoms with Gasteiger partial charge in [0.1, 0.15) is 5.56 Å². The molecule has 1 saturated carbocycles. The molecule has 6 heteroatoms. The first kappa shape index (κ1) is 13.0. The zero-order valence-corrected chi connectivity index (χ0v) is 9.59. The Bertz CT molecular complexity index is 462. The van der Waals surface area contributed by atoms with Crippen LogP contribution in [0.25, 0.3) is 0 Å². The molecule has 0 saturated heterocycles. The summed E-state index contributed by atoms with van der Waals surface area (Å²) in [6, 6.07) is 2.00. The zero-order chi connectivity index (χ0) is 13.6. The lowest BCUT2D eigenvalue weighted by molar-refractivity contribution is -0.138. The van der Waals surface area contributed by atoms with Crippen LogP contribution in [0.1, 0.15) is 30.4 Å². The molecule has 0 atom stereocenters. The lowest BCUT2D eigenvalue weighted by Gasteiger charge is -2.41. The molecule has 2 rings (SSSR count). The van der Waals surface area contributed by atoms with Gasteiger partial charge in [-0.3, -0.25) is 0 Å². The van der Waals surface area contributed by atoms with Crippen LogP contribution < -0.4 is 5.73 Å². The summed E-state index contributed by atoms with van der Waals surface area (Å²) in [6.45, 7) is 0.241. The van der Waals surface area contributed by atoms with Gasteiger partial charge in [0.2, 0.25) is 0 Å². The maximum absolute atomic E-state index is 12.5. The third-order valence-corrected chi connectivity index (χ3v) is 3.73. The maximum Gasteiger partial charge on any atom is 0.420 e. The fraction of sp³-hybridized carbons (Fsp3) is 0.500. The van der Waals surface area contributed by atoms with Gasteiger partial charge >= 0.3 is 6.18 Å². The molecule has 0 spiro atoms. The van der Waals surface area contributed by atoms with Gasteiger partial charge in [-0.25, -0.2) is 0 Å². The molecule has 1 fully saturated rings. The number of phenols is 2. The molecular formula is C12H14F3NO2. The molecule has 0 amide bonds. The minimum atomic E-state index is -4.68. The van der Waals surface area contributed by atoms with E-state index in [2.05, 4.69) is 0 Å². The van der Waals surface area contributed by atoms with Crippen LogP contribution in [0.4, 0.5) is 13.2 Å². The van der Waals surface area contributed by atoms with Crippen LogP contribution in [-0.4, -0.2) is 16.8 Å². The van der Waals surface area contributed by atoms with Crippen LogP contribution in [0.15, 0.2) is 12.1 Å². The summed E-state index contributed by atoms with van der Waals surface area (Å²) in [7, 11) is 0. The smallest absolute Gasteiger partial charge is 0.420 e. The SMILES string of the molecule is NCC1(c2ccc(C(F)(F)F)c(O)c2O)CCC1. The molecule has 1 aromatic rings. The van der Waals surface area contributed by atoms with E-state index >= 15 is 0 Å². The molecule has 18 heavy (non-hydrogen) atoms. The fourth-order valence-electron chi connectivity index (χ4n) is 2.42. The van der Waals surface area contributed by atoms with Crippen LogP contribution in [0.2, 0.25) is 0 Å². The first-order chi connectivity index (χ1) is 8.32. The summed E-state index contributed by atoms with van der Waals surface area (Å²) in [4.78, 5) is 0. The molecule has 3 nitrogen and oxygen atoms in total. The third kappa shape index (κ3) is 1.80. The summed E-state index contributed by atoms with van der Waals surface area (Å²) in [6.07, 6.45) is -2.35. The van der Waals surface area contributed by atoms with E-state index in [1.165, 1.54) is 6.07 Å². The maximum atomic E-state index is 12.5. The molecule has 0 heterocycles. The fourth-order valence-corrected chi connectivity index (χ4v) is 2.42. The minimum Gasteiger partial charge on any atom is -0.504 e. The normalized spacial score (nSPS) is 18.4. The van der Waals surface area contributed by atoms with Crippen molar-refractivity contribution in [3.8, 4) is 11.5 Å². The molecule has 4 N–H and O–H groups in total. The van der Waals surface area contributed by atoms with Gasteiger partial charge < -0.3 is 15.9 Å². The second kappa shape index (κ2) is 4.05. The Morgan fingerprint density at radius 3 is 2.17 bits per heavy atom. The van der Waals surface area contributed by atoms with Crippen molar-refractivity contribution in [2.75, 3.05) is 6.54 Å². The van der Waals surface area contributed by atoms with Crippen molar-refractivity contribution >= 4 is 0 Å². The van der Waals surface area contributed by atoms with E-state index in [1.54, 1.807) is 0 Å². The number of benzene rings is 1. The highest BCUT2D eigenvalue weighted by Crippen LogP contribution is 2.51. The predicted molar refractivity (Wildman–Crippen MR) is 59.4 cm³/mol. The van der Waals surface area contributed by atoms with Crippen molar-refractivity contribution in [1.29, 1.82) is 0 Å². The van der Waals surface area contributed by atoms with E-state index in [4.69, 9.17) is 5.73 Å². The quantitative estimate of drug-likeness (QED) is 0.716. The van der Waals surface area contributed by atoms with Gasteiger partial charge in [0.05, 0.1) is 0 Å². The van der Waals surface area contributed by atoms with Gasteiger partial charge in [-0.1, -0.05) is 12.5 Å². The molecule has 1 aliphatic carbocycles. The molecule has 1 aromatic carbocycles. The summed E-state index contributed by atoms with van der Waals surface area (Å²) in [5, 5.41) is 19.2. The Labute approximate surface area is 102 Å². The predicted octanol–water partition coefficient (Wildman–Crippen LogP) is 2.50. The molecule has 0 bridgehead atoms. The van der Waals surface area contributed by atoms with Gasteiger partial charge in [-0.2, -0.15) is 13.2 Å². The van der Waals surface area contributed by atoms with Crippen LogP contribution >= 0.6 is 0 Å².